The number of aryl methyl sites for hydroxylation is 1. The van der Waals surface area contributed by atoms with Gasteiger partial charge in [0.2, 0.25) is 0 Å². The van der Waals surface area contributed by atoms with Gasteiger partial charge in [-0.2, -0.15) is 0 Å². The van der Waals surface area contributed by atoms with Crippen LogP contribution in [0, 0.1) is 6.92 Å². The van der Waals surface area contributed by atoms with Crippen molar-refractivity contribution < 1.29 is 14.6 Å². The van der Waals surface area contributed by atoms with Gasteiger partial charge in [0, 0.05) is 0 Å². The molecule has 70 valence electrons. The van der Waals surface area contributed by atoms with E-state index in [9.17, 15) is 9.90 Å². The number of hydrogen-bond acceptors (Lipinski definition) is 3. The number of hydrogen-bond donors (Lipinski definition) is 2. The normalized spacial score (nSPS) is 9.69. The highest BCUT2D eigenvalue weighted by atomic mass is 16.5. The highest BCUT2D eigenvalue weighted by Gasteiger charge is 2.12. The van der Waals surface area contributed by atoms with E-state index < -0.39 is 5.91 Å². The summed E-state index contributed by atoms with van der Waals surface area (Å²) in [6.07, 6.45) is 0. The molecule has 0 saturated carbocycles. The fourth-order valence-corrected chi connectivity index (χ4v) is 1.21. The molecule has 0 saturated heterocycles. The molecule has 0 unspecified atom stereocenters. The summed E-state index contributed by atoms with van der Waals surface area (Å²) in [6.45, 7) is 1.73. The first-order valence-corrected chi connectivity index (χ1v) is 3.73. The van der Waals surface area contributed by atoms with E-state index in [1.54, 1.807) is 6.92 Å². The van der Waals surface area contributed by atoms with E-state index in [1.165, 1.54) is 19.2 Å². The van der Waals surface area contributed by atoms with E-state index >= 15 is 0 Å². The lowest BCUT2D eigenvalue weighted by molar-refractivity contribution is 0.0997. The number of rotatable bonds is 2. The van der Waals surface area contributed by atoms with Crippen LogP contribution in [-0.2, 0) is 0 Å². The molecule has 4 nitrogen and oxygen atoms in total. The molecule has 13 heavy (non-hydrogen) atoms. The summed E-state index contributed by atoms with van der Waals surface area (Å²) in [5.41, 5.74) is 5.97. The van der Waals surface area contributed by atoms with Gasteiger partial charge in [0.15, 0.2) is 0 Å². The Morgan fingerprint density at radius 3 is 2.62 bits per heavy atom. The number of phenolic OH excluding ortho intramolecular Hbond substituents is 1. The number of primary amides is 1. The fraction of sp³-hybridized carbons (Fsp3) is 0.222. The molecule has 0 aromatic heterocycles. The quantitative estimate of drug-likeness (QED) is 0.709. The molecule has 1 rings (SSSR count). The highest BCUT2D eigenvalue weighted by Crippen LogP contribution is 2.27. The van der Waals surface area contributed by atoms with Gasteiger partial charge in [0.05, 0.1) is 12.7 Å². The molecule has 3 N–H and O–H groups in total. The minimum Gasteiger partial charge on any atom is -0.508 e. The summed E-state index contributed by atoms with van der Waals surface area (Å²) in [4.78, 5) is 10.9. The summed E-state index contributed by atoms with van der Waals surface area (Å²) in [5.74, 6) is -0.201. The maximum absolute atomic E-state index is 10.9. The Kier molecular flexibility index (Phi) is 2.41. The Balaban J connectivity index is 3.38. The number of carbonyl (C=O) groups is 1. The number of amides is 1. The lowest BCUT2D eigenvalue weighted by Crippen LogP contribution is -2.12. The zero-order valence-electron chi connectivity index (χ0n) is 7.50. The summed E-state index contributed by atoms with van der Waals surface area (Å²) >= 11 is 0. The molecule has 0 spiro atoms. The van der Waals surface area contributed by atoms with Gasteiger partial charge in [-0.15, -0.1) is 0 Å². The van der Waals surface area contributed by atoms with Crippen LogP contribution in [0.4, 0.5) is 0 Å². The van der Waals surface area contributed by atoms with Crippen LogP contribution in [0.2, 0.25) is 0 Å². The second kappa shape index (κ2) is 3.35. The van der Waals surface area contributed by atoms with E-state index in [4.69, 9.17) is 10.5 Å². The number of ether oxygens (including phenoxy) is 1. The number of phenols is 1. The zero-order chi connectivity index (χ0) is 10.0. The van der Waals surface area contributed by atoms with Crippen molar-refractivity contribution in [2.75, 3.05) is 7.11 Å². The first-order chi connectivity index (χ1) is 6.06. The summed E-state index contributed by atoms with van der Waals surface area (Å²) in [6, 6.07) is 2.79. The van der Waals surface area contributed by atoms with Gasteiger partial charge in [-0.25, -0.2) is 0 Å². The van der Waals surface area contributed by atoms with E-state index in [2.05, 4.69) is 0 Å². The highest BCUT2D eigenvalue weighted by molar-refractivity contribution is 5.96. The van der Waals surface area contributed by atoms with Crippen molar-refractivity contribution in [1.82, 2.24) is 0 Å². The maximum atomic E-state index is 10.9. The van der Waals surface area contributed by atoms with Crippen molar-refractivity contribution in [3.63, 3.8) is 0 Å². The van der Waals surface area contributed by atoms with Gasteiger partial charge in [-0.05, 0) is 24.6 Å². The number of nitrogens with two attached hydrogens (primary N) is 1. The van der Waals surface area contributed by atoms with Crippen molar-refractivity contribution in [3.8, 4) is 11.5 Å². The molecule has 0 bridgehead atoms. The third-order valence-electron chi connectivity index (χ3n) is 1.73. The Morgan fingerprint density at radius 1 is 1.54 bits per heavy atom. The molecule has 0 atom stereocenters. The van der Waals surface area contributed by atoms with Gasteiger partial charge in [-0.1, -0.05) is 0 Å². The predicted octanol–water partition coefficient (Wildman–Crippen LogP) is 0.808. The SMILES string of the molecule is COc1c(C)cc(O)cc1C(N)=O. The summed E-state index contributed by atoms with van der Waals surface area (Å²) in [5, 5.41) is 9.20. The van der Waals surface area contributed by atoms with Crippen molar-refractivity contribution in [2.24, 2.45) is 5.73 Å². The van der Waals surface area contributed by atoms with Crippen molar-refractivity contribution in [3.05, 3.63) is 23.3 Å². The van der Waals surface area contributed by atoms with E-state index in [0.29, 0.717) is 11.3 Å². The number of methoxy groups -OCH3 is 1. The monoisotopic (exact) mass is 181 g/mol. The molecule has 1 aromatic carbocycles. The lowest BCUT2D eigenvalue weighted by Gasteiger charge is -2.08. The van der Waals surface area contributed by atoms with Crippen LogP contribution < -0.4 is 10.5 Å². The molecule has 0 fully saturated rings. The molecule has 0 aliphatic carbocycles. The Hall–Kier alpha value is -1.71. The van der Waals surface area contributed by atoms with Gasteiger partial charge >= 0.3 is 0 Å². The molecule has 0 aliphatic heterocycles. The van der Waals surface area contributed by atoms with E-state index in [1.807, 2.05) is 0 Å². The van der Waals surface area contributed by atoms with E-state index in [0.717, 1.165) is 0 Å². The van der Waals surface area contributed by atoms with Crippen LogP contribution in [0.5, 0.6) is 11.5 Å². The fourth-order valence-electron chi connectivity index (χ4n) is 1.21. The third kappa shape index (κ3) is 1.72. The van der Waals surface area contributed by atoms with Crippen LogP contribution in [0.25, 0.3) is 0 Å². The standard InChI is InChI=1S/C9H11NO3/c1-5-3-6(11)4-7(9(10)12)8(5)13-2/h3-4,11H,1-2H3,(H2,10,12). The van der Waals surface area contributed by atoms with Crippen LogP contribution in [0.1, 0.15) is 15.9 Å². The van der Waals surface area contributed by atoms with Crippen LogP contribution in [0.3, 0.4) is 0 Å². The molecule has 0 aliphatic rings. The van der Waals surface area contributed by atoms with Crippen molar-refractivity contribution in [2.45, 2.75) is 6.92 Å². The number of carbonyl (C=O) groups excluding carboxylic acids is 1. The Labute approximate surface area is 75.9 Å². The Bertz CT molecular complexity index is 347. The molecule has 0 radical (unpaired) electrons. The van der Waals surface area contributed by atoms with Gasteiger partial charge in [0.1, 0.15) is 11.5 Å². The predicted molar refractivity (Wildman–Crippen MR) is 47.9 cm³/mol. The molecule has 1 aromatic rings. The largest absolute Gasteiger partial charge is 0.508 e. The van der Waals surface area contributed by atoms with Gasteiger partial charge < -0.3 is 15.6 Å². The average molecular weight is 181 g/mol. The van der Waals surface area contributed by atoms with Crippen molar-refractivity contribution >= 4 is 5.91 Å². The molecule has 0 heterocycles. The summed E-state index contributed by atoms with van der Waals surface area (Å²) < 4.78 is 4.98. The van der Waals surface area contributed by atoms with Gasteiger partial charge in [0.25, 0.3) is 5.91 Å². The minimum absolute atomic E-state index is 0.00657. The van der Waals surface area contributed by atoms with Gasteiger partial charge in [-0.3, -0.25) is 4.79 Å². The molecule has 4 heteroatoms. The Morgan fingerprint density at radius 2 is 2.15 bits per heavy atom. The minimum atomic E-state index is -0.615. The van der Waals surface area contributed by atoms with Crippen molar-refractivity contribution in [1.29, 1.82) is 0 Å². The molecular formula is C9H11NO3. The van der Waals surface area contributed by atoms with Crippen LogP contribution >= 0.6 is 0 Å². The van der Waals surface area contributed by atoms with Crippen LogP contribution in [-0.4, -0.2) is 18.1 Å². The van der Waals surface area contributed by atoms with Crippen LogP contribution in [0.15, 0.2) is 12.1 Å². The zero-order valence-corrected chi connectivity index (χ0v) is 7.50. The van der Waals surface area contributed by atoms with E-state index in [-0.39, 0.29) is 11.3 Å². The number of aromatic hydroxyl groups is 1. The second-order valence-corrected chi connectivity index (χ2v) is 2.71. The first-order valence-electron chi connectivity index (χ1n) is 3.73. The smallest absolute Gasteiger partial charge is 0.252 e. The lowest BCUT2D eigenvalue weighted by atomic mass is 10.1. The molecular weight excluding hydrogens is 170 g/mol. The summed E-state index contributed by atoms with van der Waals surface area (Å²) in [7, 11) is 1.45. The average Bonchev–Trinajstić information content (AvgIpc) is 2.02. The first kappa shape index (κ1) is 9.38. The number of benzene rings is 1. The third-order valence-corrected chi connectivity index (χ3v) is 1.73. The topological polar surface area (TPSA) is 72.6 Å². The maximum Gasteiger partial charge on any atom is 0.252 e. The molecule has 1 amide bonds. The second-order valence-electron chi connectivity index (χ2n) is 2.71.